The summed E-state index contributed by atoms with van der Waals surface area (Å²) in [5.41, 5.74) is 6.03. The van der Waals surface area contributed by atoms with Gasteiger partial charge in [0.25, 0.3) is 6.47 Å². The van der Waals surface area contributed by atoms with Gasteiger partial charge in [-0.1, -0.05) is 6.07 Å². The maximum absolute atomic E-state index is 9.78. The van der Waals surface area contributed by atoms with Crippen LogP contribution in [0.15, 0.2) is 18.2 Å². The number of nitrogen functional groups attached to an aromatic ring is 1. The van der Waals surface area contributed by atoms with E-state index in [2.05, 4.69) is 9.72 Å². The maximum Gasteiger partial charge on any atom is 0.293 e. The number of nitrogens with two attached hydrogens (primary N) is 1. The molecule has 0 spiro atoms. The highest BCUT2D eigenvalue weighted by atomic mass is 16.5. The zero-order valence-corrected chi connectivity index (χ0v) is 5.86. The summed E-state index contributed by atoms with van der Waals surface area (Å²) in [6.07, 6.45) is 0. The van der Waals surface area contributed by atoms with E-state index in [-0.39, 0.29) is 6.61 Å². The van der Waals surface area contributed by atoms with Crippen molar-refractivity contribution >= 4 is 12.3 Å². The number of nitrogens with zero attached hydrogens (tertiary/aromatic N) is 1. The van der Waals surface area contributed by atoms with Gasteiger partial charge in [0.1, 0.15) is 12.4 Å². The third-order valence-electron chi connectivity index (χ3n) is 1.13. The van der Waals surface area contributed by atoms with Crippen LogP contribution in [0.1, 0.15) is 5.69 Å². The Morgan fingerprint density at radius 2 is 2.45 bits per heavy atom. The van der Waals surface area contributed by atoms with Gasteiger partial charge >= 0.3 is 0 Å². The van der Waals surface area contributed by atoms with Crippen LogP contribution in [0.3, 0.4) is 0 Å². The number of carbonyl (C=O) groups excluding carboxylic acids is 1. The predicted molar refractivity (Wildman–Crippen MR) is 39.5 cm³/mol. The van der Waals surface area contributed by atoms with Crippen LogP contribution in [0.4, 0.5) is 5.82 Å². The molecule has 0 aromatic carbocycles. The molecule has 1 heterocycles. The minimum absolute atomic E-state index is 0.175. The van der Waals surface area contributed by atoms with Crippen LogP contribution < -0.4 is 5.73 Å². The van der Waals surface area contributed by atoms with Gasteiger partial charge in [-0.15, -0.1) is 0 Å². The molecule has 0 aliphatic carbocycles. The Kier molecular flexibility index (Phi) is 2.43. The van der Waals surface area contributed by atoms with Crippen LogP contribution in [0, 0.1) is 0 Å². The molecule has 0 saturated carbocycles. The lowest BCUT2D eigenvalue weighted by atomic mass is 10.3. The van der Waals surface area contributed by atoms with Crippen LogP contribution in [0.5, 0.6) is 0 Å². The fraction of sp³-hybridized carbons (Fsp3) is 0.143. The Labute approximate surface area is 64.0 Å². The lowest BCUT2D eigenvalue weighted by Gasteiger charge is -1.98. The van der Waals surface area contributed by atoms with Gasteiger partial charge in [-0.25, -0.2) is 4.98 Å². The number of pyridine rings is 1. The molecule has 1 aromatic rings. The first-order valence-corrected chi connectivity index (χ1v) is 3.09. The normalized spacial score (nSPS) is 9.09. The highest BCUT2D eigenvalue weighted by Gasteiger charge is 1.93. The molecule has 0 bridgehead atoms. The van der Waals surface area contributed by atoms with E-state index in [1.165, 1.54) is 0 Å². The monoisotopic (exact) mass is 152 g/mol. The number of carbonyl (C=O) groups is 1. The van der Waals surface area contributed by atoms with E-state index in [4.69, 9.17) is 5.73 Å². The molecule has 4 heteroatoms. The largest absolute Gasteiger partial charge is 0.461 e. The topological polar surface area (TPSA) is 65.2 Å². The van der Waals surface area contributed by atoms with Gasteiger partial charge in [0.2, 0.25) is 0 Å². The van der Waals surface area contributed by atoms with Crippen LogP contribution in [0.25, 0.3) is 0 Å². The number of rotatable bonds is 3. The van der Waals surface area contributed by atoms with Gasteiger partial charge in [-0.2, -0.15) is 0 Å². The molecular weight excluding hydrogens is 144 g/mol. The Morgan fingerprint density at radius 1 is 1.64 bits per heavy atom. The van der Waals surface area contributed by atoms with E-state index in [1.54, 1.807) is 18.2 Å². The minimum Gasteiger partial charge on any atom is -0.461 e. The molecule has 0 fully saturated rings. The van der Waals surface area contributed by atoms with E-state index < -0.39 is 0 Å². The molecule has 0 aliphatic rings. The molecule has 58 valence electrons. The predicted octanol–water partition coefficient (Wildman–Crippen LogP) is 0.337. The first-order valence-electron chi connectivity index (χ1n) is 3.09. The van der Waals surface area contributed by atoms with Crippen molar-refractivity contribution < 1.29 is 9.53 Å². The Hall–Kier alpha value is -1.58. The molecule has 0 amide bonds. The second kappa shape index (κ2) is 3.55. The molecule has 11 heavy (non-hydrogen) atoms. The second-order valence-electron chi connectivity index (χ2n) is 1.96. The Balaban J connectivity index is 2.63. The molecular formula is C7H8N2O2. The van der Waals surface area contributed by atoms with E-state index in [9.17, 15) is 4.79 Å². The minimum atomic E-state index is 0.175. The zero-order valence-electron chi connectivity index (χ0n) is 5.86. The van der Waals surface area contributed by atoms with Gasteiger partial charge in [0.05, 0.1) is 5.69 Å². The average Bonchev–Trinajstić information content (AvgIpc) is 2.01. The molecule has 0 aliphatic heterocycles. The molecule has 0 unspecified atom stereocenters. The van der Waals surface area contributed by atoms with Crippen molar-refractivity contribution in [3.8, 4) is 0 Å². The van der Waals surface area contributed by atoms with Crippen molar-refractivity contribution in [3.63, 3.8) is 0 Å². The Morgan fingerprint density at radius 3 is 3.09 bits per heavy atom. The molecule has 2 N–H and O–H groups in total. The quantitative estimate of drug-likeness (QED) is 0.634. The lowest BCUT2D eigenvalue weighted by Crippen LogP contribution is -1.96. The summed E-state index contributed by atoms with van der Waals surface area (Å²) in [6, 6.07) is 5.16. The summed E-state index contributed by atoms with van der Waals surface area (Å²) in [6.45, 7) is 0.555. The lowest BCUT2D eigenvalue weighted by molar-refractivity contribution is -0.129. The number of hydrogen-bond donors (Lipinski definition) is 1. The van der Waals surface area contributed by atoms with Crippen molar-refractivity contribution in [2.75, 3.05) is 5.73 Å². The van der Waals surface area contributed by atoms with Crippen LogP contribution >= 0.6 is 0 Å². The summed E-state index contributed by atoms with van der Waals surface area (Å²) in [7, 11) is 0. The van der Waals surface area contributed by atoms with Crippen molar-refractivity contribution in [2.24, 2.45) is 0 Å². The van der Waals surface area contributed by atoms with E-state index in [0.29, 0.717) is 18.0 Å². The summed E-state index contributed by atoms with van der Waals surface area (Å²) in [5, 5.41) is 0. The summed E-state index contributed by atoms with van der Waals surface area (Å²) in [4.78, 5) is 13.7. The SMILES string of the molecule is Nc1cccc(COC=O)n1. The molecule has 0 saturated heterocycles. The van der Waals surface area contributed by atoms with Gasteiger partial charge in [0.15, 0.2) is 0 Å². The second-order valence-corrected chi connectivity index (χ2v) is 1.96. The zero-order chi connectivity index (χ0) is 8.10. The highest BCUT2D eigenvalue weighted by molar-refractivity contribution is 5.37. The van der Waals surface area contributed by atoms with Crippen molar-refractivity contribution in [1.29, 1.82) is 0 Å². The fourth-order valence-corrected chi connectivity index (χ4v) is 0.698. The molecule has 1 aromatic heterocycles. The third kappa shape index (κ3) is 2.25. The van der Waals surface area contributed by atoms with E-state index in [0.717, 1.165) is 0 Å². The summed E-state index contributed by atoms with van der Waals surface area (Å²) >= 11 is 0. The van der Waals surface area contributed by atoms with Crippen LogP contribution in [-0.2, 0) is 16.1 Å². The first-order chi connectivity index (χ1) is 5.33. The van der Waals surface area contributed by atoms with Gasteiger partial charge in [0, 0.05) is 0 Å². The fourth-order valence-electron chi connectivity index (χ4n) is 0.698. The first kappa shape index (κ1) is 7.53. The highest BCUT2D eigenvalue weighted by Crippen LogP contribution is 2.00. The van der Waals surface area contributed by atoms with E-state index >= 15 is 0 Å². The average molecular weight is 152 g/mol. The van der Waals surface area contributed by atoms with Crippen molar-refractivity contribution in [2.45, 2.75) is 6.61 Å². The van der Waals surface area contributed by atoms with E-state index in [1.807, 2.05) is 0 Å². The molecule has 4 nitrogen and oxygen atoms in total. The standard InChI is InChI=1S/C7H8N2O2/c8-7-3-1-2-6(9-7)4-11-5-10/h1-3,5H,4H2,(H2,8,9). The number of anilines is 1. The van der Waals surface area contributed by atoms with Crippen LogP contribution in [-0.4, -0.2) is 11.5 Å². The van der Waals surface area contributed by atoms with Crippen molar-refractivity contribution in [1.82, 2.24) is 4.98 Å². The molecule has 0 radical (unpaired) electrons. The van der Waals surface area contributed by atoms with Crippen molar-refractivity contribution in [3.05, 3.63) is 23.9 Å². The maximum atomic E-state index is 9.78. The molecule has 0 atom stereocenters. The van der Waals surface area contributed by atoms with Crippen LogP contribution in [0.2, 0.25) is 0 Å². The van der Waals surface area contributed by atoms with Gasteiger partial charge in [-0.05, 0) is 12.1 Å². The third-order valence-corrected chi connectivity index (χ3v) is 1.13. The number of aromatic nitrogens is 1. The van der Waals surface area contributed by atoms with Gasteiger partial charge < -0.3 is 10.5 Å². The Bertz CT molecular complexity index is 250. The summed E-state index contributed by atoms with van der Waals surface area (Å²) in [5.74, 6) is 0.428. The molecule has 1 rings (SSSR count). The number of hydrogen-bond acceptors (Lipinski definition) is 4. The smallest absolute Gasteiger partial charge is 0.293 e. The number of ether oxygens (including phenoxy) is 1. The summed E-state index contributed by atoms with van der Waals surface area (Å²) < 4.78 is 4.48. The van der Waals surface area contributed by atoms with Gasteiger partial charge in [-0.3, -0.25) is 4.79 Å².